The van der Waals surface area contributed by atoms with Crippen molar-refractivity contribution in [2.45, 2.75) is 116 Å². The Bertz CT molecular complexity index is 214. The van der Waals surface area contributed by atoms with Gasteiger partial charge in [-0.15, -0.1) is 0 Å². The van der Waals surface area contributed by atoms with Crippen molar-refractivity contribution in [3.8, 4) is 0 Å². The van der Waals surface area contributed by atoms with Crippen molar-refractivity contribution in [1.29, 1.82) is 0 Å². The molecule has 2 atom stereocenters. The molecule has 1 aliphatic carbocycles. The lowest BCUT2D eigenvalue weighted by atomic mass is 9.89. The molecule has 1 rings (SSSR count). The van der Waals surface area contributed by atoms with E-state index in [0.717, 1.165) is 12.0 Å². The van der Waals surface area contributed by atoms with E-state index in [1.54, 1.807) is 0 Å². The van der Waals surface area contributed by atoms with E-state index in [4.69, 9.17) is 0 Å². The minimum atomic E-state index is 0.811. The van der Waals surface area contributed by atoms with E-state index in [1.165, 1.54) is 103 Å². The van der Waals surface area contributed by atoms with E-state index in [2.05, 4.69) is 19.3 Å². The molecule has 0 saturated heterocycles. The Morgan fingerprint density at radius 1 is 0.714 bits per heavy atom. The SMILES string of the molecule is CCCCCCCCCCCCC1CCCCCC1NC. The quantitative estimate of drug-likeness (QED) is 0.321. The Morgan fingerprint density at radius 2 is 1.29 bits per heavy atom. The van der Waals surface area contributed by atoms with Gasteiger partial charge in [0, 0.05) is 6.04 Å². The summed E-state index contributed by atoms with van der Waals surface area (Å²) in [6.07, 6.45) is 23.3. The Morgan fingerprint density at radius 3 is 1.90 bits per heavy atom. The van der Waals surface area contributed by atoms with Crippen molar-refractivity contribution in [3.05, 3.63) is 0 Å². The summed E-state index contributed by atoms with van der Waals surface area (Å²) in [6.45, 7) is 2.30. The number of unbranched alkanes of at least 4 members (excludes halogenated alkanes) is 9. The first-order valence-corrected chi connectivity index (χ1v) is 10.1. The van der Waals surface area contributed by atoms with Gasteiger partial charge < -0.3 is 5.32 Å². The van der Waals surface area contributed by atoms with E-state index >= 15 is 0 Å². The van der Waals surface area contributed by atoms with Crippen LogP contribution in [-0.2, 0) is 0 Å². The lowest BCUT2D eigenvalue weighted by molar-refractivity contribution is 0.321. The third-order valence-electron chi connectivity index (χ3n) is 5.46. The molecule has 1 aliphatic rings. The summed E-state index contributed by atoms with van der Waals surface area (Å²) in [6, 6.07) is 0.811. The van der Waals surface area contributed by atoms with Gasteiger partial charge in [0.1, 0.15) is 0 Å². The van der Waals surface area contributed by atoms with Gasteiger partial charge in [-0.3, -0.25) is 0 Å². The lowest BCUT2D eigenvalue weighted by Crippen LogP contribution is -2.32. The van der Waals surface area contributed by atoms with Crippen molar-refractivity contribution in [1.82, 2.24) is 5.32 Å². The van der Waals surface area contributed by atoms with E-state index in [1.807, 2.05) is 0 Å². The fourth-order valence-electron chi connectivity index (χ4n) is 4.00. The molecule has 0 heterocycles. The largest absolute Gasteiger partial charge is 0.317 e. The Kier molecular flexibility index (Phi) is 12.3. The third kappa shape index (κ3) is 9.55. The zero-order valence-electron chi connectivity index (χ0n) is 15.0. The van der Waals surface area contributed by atoms with Crippen LogP contribution in [0.4, 0.5) is 0 Å². The van der Waals surface area contributed by atoms with Gasteiger partial charge in [-0.2, -0.15) is 0 Å². The molecule has 0 aromatic rings. The molecule has 2 unspecified atom stereocenters. The lowest BCUT2D eigenvalue weighted by Gasteiger charge is -2.24. The van der Waals surface area contributed by atoms with Crippen LogP contribution in [0.25, 0.3) is 0 Å². The van der Waals surface area contributed by atoms with Gasteiger partial charge in [0.25, 0.3) is 0 Å². The summed E-state index contributed by atoms with van der Waals surface area (Å²) in [4.78, 5) is 0. The summed E-state index contributed by atoms with van der Waals surface area (Å²) in [7, 11) is 2.17. The van der Waals surface area contributed by atoms with Gasteiger partial charge in [-0.05, 0) is 32.2 Å². The fourth-order valence-corrected chi connectivity index (χ4v) is 4.00. The molecule has 0 bridgehead atoms. The van der Waals surface area contributed by atoms with Crippen molar-refractivity contribution in [2.75, 3.05) is 7.05 Å². The number of hydrogen-bond acceptors (Lipinski definition) is 1. The highest BCUT2D eigenvalue weighted by molar-refractivity contribution is 4.78. The molecule has 0 aromatic carbocycles. The molecule has 1 nitrogen and oxygen atoms in total. The van der Waals surface area contributed by atoms with Crippen LogP contribution < -0.4 is 5.32 Å². The summed E-state index contributed by atoms with van der Waals surface area (Å²) in [5, 5.41) is 3.58. The highest BCUT2D eigenvalue weighted by Gasteiger charge is 2.21. The molecule has 21 heavy (non-hydrogen) atoms. The second-order valence-corrected chi connectivity index (χ2v) is 7.26. The van der Waals surface area contributed by atoms with E-state index in [-0.39, 0.29) is 0 Å². The minimum Gasteiger partial charge on any atom is -0.317 e. The van der Waals surface area contributed by atoms with E-state index in [9.17, 15) is 0 Å². The molecule has 1 N–H and O–H groups in total. The van der Waals surface area contributed by atoms with E-state index in [0.29, 0.717) is 0 Å². The molecular weight excluding hydrogens is 254 g/mol. The summed E-state index contributed by atoms with van der Waals surface area (Å²) in [5.74, 6) is 0.964. The van der Waals surface area contributed by atoms with Crippen LogP contribution in [0.15, 0.2) is 0 Å². The Labute approximate surface area is 134 Å². The molecule has 0 aliphatic heterocycles. The smallest absolute Gasteiger partial charge is 0.00923 e. The number of rotatable bonds is 12. The summed E-state index contributed by atoms with van der Waals surface area (Å²) in [5.41, 5.74) is 0. The normalized spacial score (nSPS) is 23.1. The van der Waals surface area contributed by atoms with Crippen molar-refractivity contribution >= 4 is 0 Å². The molecule has 0 amide bonds. The molecule has 1 saturated carbocycles. The second kappa shape index (κ2) is 13.6. The molecular formula is C20H41N. The zero-order chi connectivity index (χ0) is 15.2. The highest BCUT2D eigenvalue weighted by atomic mass is 14.9. The fraction of sp³-hybridized carbons (Fsp3) is 1.00. The van der Waals surface area contributed by atoms with Crippen LogP contribution in [0.2, 0.25) is 0 Å². The topological polar surface area (TPSA) is 12.0 Å². The maximum Gasteiger partial charge on any atom is 0.00923 e. The molecule has 0 spiro atoms. The number of nitrogens with one attached hydrogen (secondary N) is 1. The predicted octanol–water partition coefficient (Wildman–Crippen LogP) is 6.47. The van der Waals surface area contributed by atoms with Crippen LogP contribution in [0.5, 0.6) is 0 Å². The Balaban J connectivity index is 1.93. The molecule has 126 valence electrons. The predicted molar refractivity (Wildman–Crippen MR) is 95.9 cm³/mol. The van der Waals surface area contributed by atoms with E-state index < -0.39 is 0 Å². The average molecular weight is 296 g/mol. The zero-order valence-corrected chi connectivity index (χ0v) is 15.0. The summed E-state index contributed by atoms with van der Waals surface area (Å²) >= 11 is 0. The van der Waals surface area contributed by atoms with Crippen molar-refractivity contribution < 1.29 is 0 Å². The first-order valence-electron chi connectivity index (χ1n) is 10.1. The molecule has 1 fully saturated rings. The van der Waals surface area contributed by atoms with Gasteiger partial charge in [0.2, 0.25) is 0 Å². The first-order chi connectivity index (χ1) is 10.4. The van der Waals surface area contributed by atoms with Gasteiger partial charge in [-0.1, -0.05) is 90.4 Å². The maximum absolute atomic E-state index is 3.58. The molecule has 0 radical (unpaired) electrons. The first kappa shape index (κ1) is 19.0. The Hall–Kier alpha value is -0.0400. The molecule has 0 aromatic heterocycles. The van der Waals surface area contributed by atoms with Crippen LogP contribution in [-0.4, -0.2) is 13.1 Å². The van der Waals surface area contributed by atoms with Crippen LogP contribution in [0, 0.1) is 5.92 Å². The monoisotopic (exact) mass is 295 g/mol. The molecule has 1 heteroatoms. The van der Waals surface area contributed by atoms with Crippen LogP contribution in [0.1, 0.15) is 110 Å². The van der Waals surface area contributed by atoms with Crippen LogP contribution in [0.3, 0.4) is 0 Å². The van der Waals surface area contributed by atoms with Crippen LogP contribution >= 0.6 is 0 Å². The minimum absolute atomic E-state index is 0.811. The average Bonchev–Trinajstić information content (AvgIpc) is 2.74. The highest BCUT2D eigenvalue weighted by Crippen LogP contribution is 2.27. The maximum atomic E-state index is 3.58. The summed E-state index contributed by atoms with van der Waals surface area (Å²) < 4.78 is 0. The van der Waals surface area contributed by atoms with Crippen molar-refractivity contribution in [2.24, 2.45) is 5.92 Å². The van der Waals surface area contributed by atoms with Gasteiger partial charge in [0.15, 0.2) is 0 Å². The standard InChI is InChI=1S/C20H41N/c1-3-4-5-6-7-8-9-10-11-13-16-19-17-14-12-15-18-20(19)21-2/h19-21H,3-18H2,1-2H3. The van der Waals surface area contributed by atoms with Gasteiger partial charge >= 0.3 is 0 Å². The number of hydrogen-bond donors (Lipinski definition) is 1. The second-order valence-electron chi connectivity index (χ2n) is 7.26. The third-order valence-corrected chi connectivity index (χ3v) is 5.46. The van der Waals surface area contributed by atoms with Crippen molar-refractivity contribution in [3.63, 3.8) is 0 Å². The van der Waals surface area contributed by atoms with Gasteiger partial charge in [-0.25, -0.2) is 0 Å². The van der Waals surface area contributed by atoms with Gasteiger partial charge in [0.05, 0.1) is 0 Å².